The average molecular weight is 253 g/mol. The molecule has 2 heterocycles. The predicted octanol–water partition coefficient (Wildman–Crippen LogP) is 3.97. The van der Waals surface area contributed by atoms with Crippen molar-refractivity contribution in [1.82, 2.24) is 4.98 Å². The Morgan fingerprint density at radius 1 is 1.00 bits per heavy atom. The molecule has 0 atom stereocenters. The molecule has 2 aromatic heterocycles. The second-order valence-corrected chi connectivity index (χ2v) is 4.89. The van der Waals surface area contributed by atoms with Gasteiger partial charge in [0.15, 0.2) is 0 Å². The smallest absolute Gasteiger partial charge is 0.205 e. The Labute approximate surface area is 109 Å². The molecule has 18 heavy (non-hydrogen) atoms. The van der Waals surface area contributed by atoms with Crippen molar-refractivity contribution in [2.75, 3.05) is 0 Å². The monoisotopic (exact) mass is 253 g/mol. The van der Waals surface area contributed by atoms with Crippen molar-refractivity contribution in [3.63, 3.8) is 0 Å². The van der Waals surface area contributed by atoms with Crippen LogP contribution in [0.4, 0.5) is 0 Å². The Morgan fingerprint density at radius 3 is 2.56 bits per heavy atom. The van der Waals surface area contributed by atoms with Crippen LogP contribution in [0.5, 0.6) is 0 Å². The summed E-state index contributed by atoms with van der Waals surface area (Å²) in [5.74, 6) is 0.0742. The van der Waals surface area contributed by atoms with E-state index in [0.29, 0.717) is 0 Å². The van der Waals surface area contributed by atoms with E-state index in [4.69, 9.17) is 0 Å². The number of H-pyrrole nitrogens is 1. The van der Waals surface area contributed by atoms with E-state index in [9.17, 15) is 4.79 Å². The lowest BCUT2D eigenvalue weighted by atomic mass is 10.0. The molecule has 2 nitrogen and oxygen atoms in total. The molecule has 0 fully saturated rings. The second-order valence-electron chi connectivity index (χ2n) is 3.94. The lowest BCUT2D eigenvalue weighted by molar-refractivity contribution is 0.104. The van der Waals surface area contributed by atoms with Crippen molar-refractivity contribution in [3.05, 3.63) is 70.5 Å². The first-order chi connectivity index (χ1) is 8.86. The summed E-state index contributed by atoms with van der Waals surface area (Å²) in [6.07, 6.45) is 1.81. The molecule has 88 valence electrons. The lowest BCUT2D eigenvalue weighted by Gasteiger charge is -2.02. The van der Waals surface area contributed by atoms with Crippen LogP contribution in [0, 0.1) is 0 Å². The van der Waals surface area contributed by atoms with Gasteiger partial charge in [-0.3, -0.25) is 4.79 Å². The number of carbonyl (C=O) groups excluding carboxylic acids is 1. The fourth-order valence-electron chi connectivity index (χ4n) is 1.94. The minimum Gasteiger partial charge on any atom is -0.361 e. The fourth-order valence-corrected chi connectivity index (χ4v) is 2.62. The van der Waals surface area contributed by atoms with Crippen molar-refractivity contribution < 1.29 is 4.79 Å². The highest BCUT2D eigenvalue weighted by molar-refractivity contribution is 7.12. The number of aromatic nitrogens is 1. The minimum absolute atomic E-state index is 0.0742. The topological polar surface area (TPSA) is 32.9 Å². The van der Waals surface area contributed by atoms with Crippen molar-refractivity contribution in [1.29, 1.82) is 0 Å². The Bertz CT molecular complexity index is 653. The molecular weight excluding hydrogens is 242 g/mol. The molecule has 0 radical (unpaired) electrons. The van der Waals surface area contributed by atoms with Crippen LogP contribution in [0.1, 0.15) is 15.2 Å². The number of thiophene rings is 1. The quantitative estimate of drug-likeness (QED) is 0.704. The van der Waals surface area contributed by atoms with Gasteiger partial charge in [-0.1, -0.05) is 36.4 Å². The molecular formula is C15H11NOS. The Kier molecular flexibility index (Phi) is 2.82. The van der Waals surface area contributed by atoms with Gasteiger partial charge in [-0.05, 0) is 23.1 Å². The molecule has 1 aromatic carbocycles. The standard InChI is InChI=1S/C15H11NOS/c17-15(13-7-4-10-18-13)12-8-9-16-14(12)11-5-2-1-3-6-11/h1-10,16H. The maximum absolute atomic E-state index is 12.4. The van der Waals surface area contributed by atoms with Crippen LogP contribution < -0.4 is 0 Å². The Hall–Kier alpha value is -2.13. The van der Waals surface area contributed by atoms with E-state index in [-0.39, 0.29) is 5.78 Å². The summed E-state index contributed by atoms with van der Waals surface area (Å²) in [5.41, 5.74) is 2.64. The molecule has 0 aliphatic rings. The Morgan fingerprint density at radius 2 is 1.83 bits per heavy atom. The number of hydrogen-bond acceptors (Lipinski definition) is 2. The Balaban J connectivity index is 2.05. The molecule has 0 unspecified atom stereocenters. The van der Waals surface area contributed by atoms with E-state index >= 15 is 0 Å². The molecule has 0 bridgehead atoms. The molecule has 0 spiro atoms. The van der Waals surface area contributed by atoms with Crippen LogP contribution in [-0.2, 0) is 0 Å². The van der Waals surface area contributed by atoms with Crippen LogP contribution in [0.15, 0.2) is 60.1 Å². The highest BCUT2D eigenvalue weighted by Gasteiger charge is 2.16. The van der Waals surface area contributed by atoms with E-state index in [2.05, 4.69) is 4.98 Å². The summed E-state index contributed by atoms with van der Waals surface area (Å²) in [7, 11) is 0. The highest BCUT2D eigenvalue weighted by atomic mass is 32.1. The van der Waals surface area contributed by atoms with Gasteiger partial charge in [0.2, 0.25) is 5.78 Å². The summed E-state index contributed by atoms with van der Waals surface area (Å²) >= 11 is 1.47. The van der Waals surface area contributed by atoms with Gasteiger partial charge in [-0.2, -0.15) is 0 Å². The maximum Gasteiger partial charge on any atom is 0.205 e. The van der Waals surface area contributed by atoms with Gasteiger partial charge < -0.3 is 4.98 Å². The van der Waals surface area contributed by atoms with E-state index < -0.39 is 0 Å². The number of ketones is 1. The molecule has 1 N–H and O–H groups in total. The van der Waals surface area contributed by atoms with Gasteiger partial charge in [0.1, 0.15) is 0 Å². The van der Waals surface area contributed by atoms with Gasteiger partial charge in [-0.25, -0.2) is 0 Å². The van der Waals surface area contributed by atoms with Gasteiger partial charge in [-0.15, -0.1) is 11.3 Å². The second kappa shape index (κ2) is 4.63. The summed E-state index contributed by atoms with van der Waals surface area (Å²) in [4.78, 5) is 16.3. The molecule has 0 aliphatic carbocycles. The lowest BCUT2D eigenvalue weighted by Crippen LogP contribution is -1.99. The number of nitrogens with one attached hydrogen (secondary N) is 1. The SMILES string of the molecule is O=C(c1cccs1)c1cc[nH]c1-c1ccccc1. The summed E-state index contributed by atoms with van der Waals surface area (Å²) in [6, 6.07) is 15.5. The predicted molar refractivity (Wildman–Crippen MR) is 74.0 cm³/mol. The molecule has 0 saturated heterocycles. The summed E-state index contributed by atoms with van der Waals surface area (Å²) in [6.45, 7) is 0. The third-order valence-electron chi connectivity index (χ3n) is 2.80. The fraction of sp³-hybridized carbons (Fsp3) is 0. The van der Waals surface area contributed by atoms with E-state index in [1.54, 1.807) is 0 Å². The van der Waals surface area contributed by atoms with Crippen molar-refractivity contribution >= 4 is 17.1 Å². The minimum atomic E-state index is 0.0742. The third kappa shape index (κ3) is 1.89. The van der Waals surface area contributed by atoms with Gasteiger partial charge in [0.25, 0.3) is 0 Å². The summed E-state index contributed by atoms with van der Waals surface area (Å²) in [5, 5.41) is 1.92. The zero-order chi connectivity index (χ0) is 12.4. The average Bonchev–Trinajstić information content (AvgIpc) is 3.10. The third-order valence-corrected chi connectivity index (χ3v) is 3.67. The van der Waals surface area contributed by atoms with Crippen LogP contribution in [0.2, 0.25) is 0 Å². The molecule has 3 rings (SSSR count). The molecule has 0 aliphatic heterocycles. The number of aromatic amines is 1. The zero-order valence-corrected chi connectivity index (χ0v) is 10.4. The maximum atomic E-state index is 12.4. The van der Waals surface area contributed by atoms with E-state index in [0.717, 1.165) is 21.7 Å². The number of rotatable bonds is 3. The van der Waals surface area contributed by atoms with Crippen LogP contribution in [0.3, 0.4) is 0 Å². The van der Waals surface area contributed by atoms with Crippen LogP contribution in [0.25, 0.3) is 11.3 Å². The number of carbonyl (C=O) groups is 1. The van der Waals surface area contributed by atoms with E-state index in [1.807, 2.05) is 60.1 Å². The van der Waals surface area contributed by atoms with Crippen LogP contribution in [-0.4, -0.2) is 10.8 Å². The van der Waals surface area contributed by atoms with Crippen molar-refractivity contribution in [2.24, 2.45) is 0 Å². The molecule has 3 heteroatoms. The largest absolute Gasteiger partial charge is 0.361 e. The normalized spacial score (nSPS) is 10.4. The summed E-state index contributed by atoms with van der Waals surface area (Å²) < 4.78 is 0. The molecule has 0 saturated carbocycles. The highest BCUT2D eigenvalue weighted by Crippen LogP contribution is 2.25. The first kappa shape index (κ1) is 11.0. The van der Waals surface area contributed by atoms with Gasteiger partial charge in [0, 0.05) is 11.8 Å². The van der Waals surface area contributed by atoms with Gasteiger partial charge >= 0.3 is 0 Å². The van der Waals surface area contributed by atoms with Crippen LogP contribution >= 0.6 is 11.3 Å². The number of benzene rings is 1. The van der Waals surface area contributed by atoms with Gasteiger partial charge in [0.05, 0.1) is 10.6 Å². The number of hydrogen-bond donors (Lipinski definition) is 1. The first-order valence-corrected chi connectivity index (χ1v) is 6.55. The first-order valence-electron chi connectivity index (χ1n) is 5.67. The zero-order valence-electron chi connectivity index (χ0n) is 9.59. The van der Waals surface area contributed by atoms with Crippen molar-refractivity contribution in [2.45, 2.75) is 0 Å². The molecule has 0 amide bonds. The van der Waals surface area contributed by atoms with E-state index in [1.165, 1.54) is 11.3 Å². The molecule has 3 aromatic rings. The van der Waals surface area contributed by atoms with Crippen molar-refractivity contribution in [3.8, 4) is 11.3 Å².